The lowest BCUT2D eigenvalue weighted by Gasteiger charge is -2.42. The summed E-state index contributed by atoms with van der Waals surface area (Å²) in [5.74, 6) is -1.01. The second kappa shape index (κ2) is 4.88. The van der Waals surface area contributed by atoms with Crippen molar-refractivity contribution in [3.8, 4) is 0 Å². The number of rotatable bonds is 4. The molecule has 0 radical (unpaired) electrons. The molecule has 90 valence electrons. The van der Waals surface area contributed by atoms with Gasteiger partial charge in [0.15, 0.2) is 0 Å². The Morgan fingerprint density at radius 1 is 1.41 bits per heavy atom. The maximum Gasteiger partial charge on any atom is 0.306 e. The molecule has 0 aromatic heterocycles. The fourth-order valence-corrected chi connectivity index (χ4v) is 1.64. The number of benzene rings is 1. The number of β-amino-alcohol motifs (C(OH)–C–C–N with tert-alkyl or cyclic N) is 1. The van der Waals surface area contributed by atoms with Gasteiger partial charge in [-0.3, -0.25) is 4.79 Å². The Bertz CT molecular complexity index is 445. The zero-order valence-corrected chi connectivity index (χ0v) is 9.15. The van der Waals surface area contributed by atoms with Crippen LogP contribution in [0.1, 0.15) is 12.0 Å². The molecule has 17 heavy (non-hydrogen) atoms. The molecule has 0 fully saturated rings. The molecule has 5 nitrogen and oxygen atoms in total. The SMILES string of the molecule is O=C(O)C[C@H](O)CN1C=Cc2ccccc2[N-]1. The van der Waals surface area contributed by atoms with Gasteiger partial charge in [0.1, 0.15) is 0 Å². The number of carbonyl (C=O) groups is 1. The lowest BCUT2D eigenvalue weighted by Crippen LogP contribution is -2.27. The van der Waals surface area contributed by atoms with Crippen LogP contribution in [-0.2, 0) is 4.79 Å². The number of nitrogens with zero attached hydrogens (tertiary/aromatic N) is 2. The first-order valence-corrected chi connectivity index (χ1v) is 5.30. The van der Waals surface area contributed by atoms with Gasteiger partial charge in [-0.1, -0.05) is 24.3 Å². The van der Waals surface area contributed by atoms with E-state index in [0.29, 0.717) is 0 Å². The Morgan fingerprint density at radius 3 is 2.94 bits per heavy atom. The van der Waals surface area contributed by atoms with Crippen molar-refractivity contribution in [2.45, 2.75) is 12.5 Å². The molecule has 1 aliphatic heterocycles. The minimum atomic E-state index is -1.01. The molecule has 1 atom stereocenters. The lowest BCUT2D eigenvalue weighted by molar-refractivity contribution is -0.139. The monoisotopic (exact) mass is 233 g/mol. The van der Waals surface area contributed by atoms with E-state index < -0.39 is 12.1 Å². The van der Waals surface area contributed by atoms with Crippen LogP contribution in [0.2, 0.25) is 0 Å². The molecule has 2 N–H and O–H groups in total. The summed E-state index contributed by atoms with van der Waals surface area (Å²) in [6.45, 7) is 0.178. The average Bonchev–Trinajstić information content (AvgIpc) is 2.27. The molecule has 0 saturated heterocycles. The van der Waals surface area contributed by atoms with Gasteiger partial charge in [-0.2, -0.15) is 0 Å². The molecule has 0 spiro atoms. The maximum atomic E-state index is 10.4. The van der Waals surface area contributed by atoms with Crippen LogP contribution in [-0.4, -0.2) is 33.8 Å². The number of hydrogen-bond donors (Lipinski definition) is 2. The molecule has 1 aliphatic rings. The quantitative estimate of drug-likeness (QED) is 0.830. The van der Waals surface area contributed by atoms with Crippen LogP contribution in [0.15, 0.2) is 30.5 Å². The molecule has 1 heterocycles. The van der Waals surface area contributed by atoms with Gasteiger partial charge in [0, 0.05) is 6.54 Å². The third-order valence-electron chi connectivity index (χ3n) is 2.41. The average molecular weight is 233 g/mol. The van der Waals surface area contributed by atoms with Crippen LogP contribution in [0, 0.1) is 0 Å². The fraction of sp³-hybridized carbons (Fsp3) is 0.250. The molecule has 5 heteroatoms. The van der Waals surface area contributed by atoms with E-state index in [4.69, 9.17) is 5.11 Å². The van der Waals surface area contributed by atoms with Crippen molar-refractivity contribution >= 4 is 17.7 Å². The molecule has 0 unspecified atom stereocenters. The van der Waals surface area contributed by atoms with Gasteiger partial charge in [0.2, 0.25) is 0 Å². The summed E-state index contributed by atoms with van der Waals surface area (Å²) >= 11 is 0. The Labute approximate surface area is 99.0 Å². The molecular weight excluding hydrogens is 220 g/mol. The van der Waals surface area contributed by atoms with E-state index >= 15 is 0 Å². The highest BCUT2D eigenvalue weighted by molar-refractivity contribution is 5.71. The summed E-state index contributed by atoms with van der Waals surface area (Å²) in [4.78, 5) is 10.4. The third kappa shape index (κ3) is 2.98. The Balaban J connectivity index is 1.97. The minimum absolute atomic E-state index is 0.178. The first-order chi connectivity index (χ1) is 8.15. The molecule has 0 saturated carbocycles. The van der Waals surface area contributed by atoms with E-state index in [0.717, 1.165) is 11.3 Å². The van der Waals surface area contributed by atoms with Crippen molar-refractivity contribution in [3.05, 3.63) is 41.5 Å². The number of aliphatic hydroxyl groups excluding tert-OH is 1. The summed E-state index contributed by atoms with van der Waals surface area (Å²) < 4.78 is 0. The van der Waals surface area contributed by atoms with Crippen molar-refractivity contribution in [2.75, 3.05) is 6.54 Å². The third-order valence-corrected chi connectivity index (χ3v) is 2.41. The van der Waals surface area contributed by atoms with E-state index in [1.807, 2.05) is 30.3 Å². The van der Waals surface area contributed by atoms with Crippen molar-refractivity contribution in [2.24, 2.45) is 0 Å². The molecule has 1 aromatic carbocycles. The number of aliphatic carboxylic acids is 1. The van der Waals surface area contributed by atoms with Crippen LogP contribution in [0.3, 0.4) is 0 Å². The predicted octanol–water partition coefficient (Wildman–Crippen LogP) is 1.73. The van der Waals surface area contributed by atoms with E-state index in [9.17, 15) is 9.90 Å². The number of fused-ring (bicyclic) bond motifs is 1. The first-order valence-electron chi connectivity index (χ1n) is 5.30. The summed E-state index contributed by atoms with van der Waals surface area (Å²) in [6.07, 6.45) is 2.41. The van der Waals surface area contributed by atoms with E-state index in [2.05, 4.69) is 5.43 Å². The summed E-state index contributed by atoms with van der Waals surface area (Å²) in [5, 5.41) is 19.6. The largest absolute Gasteiger partial charge is 0.595 e. The van der Waals surface area contributed by atoms with E-state index in [-0.39, 0.29) is 13.0 Å². The van der Waals surface area contributed by atoms with Gasteiger partial charge >= 0.3 is 5.97 Å². The Morgan fingerprint density at radius 2 is 2.18 bits per heavy atom. The highest BCUT2D eigenvalue weighted by Gasteiger charge is 2.10. The highest BCUT2D eigenvalue weighted by atomic mass is 16.4. The van der Waals surface area contributed by atoms with Crippen molar-refractivity contribution in [1.29, 1.82) is 0 Å². The van der Waals surface area contributed by atoms with Crippen molar-refractivity contribution in [3.63, 3.8) is 0 Å². The van der Waals surface area contributed by atoms with Crippen LogP contribution in [0.5, 0.6) is 0 Å². The molecule has 2 rings (SSSR count). The Kier molecular flexibility index (Phi) is 3.30. The lowest BCUT2D eigenvalue weighted by atomic mass is 10.1. The summed E-state index contributed by atoms with van der Waals surface area (Å²) in [5.41, 5.74) is 6.11. The van der Waals surface area contributed by atoms with Crippen LogP contribution in [0.4, 0.5) is 5.69 Å². The first kappa shape index (κ1) is 11.5. The molecule has 1 aromatic rings. The molecular formula is C12H13N2O3-. The molecule has 0 bridgehead atoms. The highest BCUT2D eigenvalue weighted by Crippen LogP contribution is 2.31. The zero-order chi connectivity index (χ0) is 12.3. The minimum Gasteiger partial charge on any atom is -0.595 e. The van der Waals surface area contributed by atoms with Crippen LogP contribution in [0.25, 0.3) is 11.5 Å². The van der Waals surface area contributed by atoms with Crippen molar-refractivity contribution in [1.82, 2.24) is 5.01 Å². The summed E-state index contributed by atoms with van der Waals surface area (Å²) in [7, 11) is 0. The second-order valence-electron chi connectivity index (χ2n) is 3.85. The summed E-state index contributed by atoms with van der Waals surface area (Å²) in [6, 6.07) is 7.62. The van der Waals surface area contributed by atoms with E-state index in [1.165, 1.54) is 0 Å². The topological polar surface area (TPSA) is 74.9 Å². The normalized spacial score (nSPS) is 15.0. The van der Waals surface area contributed by atoms with Gasteiger partial charge in [-0.25, -0.2) is 0 Å². The molecule has 0 amide bonds. The second-order valence-corrected chi connectivity index (χ2v) is 3.85. The number of carboxylic acids is 1. The van der Waals surface area contributed by atoms with Gasteiger partial charge < -0.3 is 20.6 Å². The van der Waals surface area contributed by atoms with Gasteiger partial charge in [-0.05, 0) is 17.8 Å². The van der Waals surface area contributed by atoms with Crippen LogP contribution >= 0.6 is 0 Å². The van der Waals surface area contributed by atoms with E-state index in [1.54, 1.807) is 11.2 Å². The zero-order valence-electron chi connectivity index (χ0n) is 9.15. The Hall–Kier alpha value is -2.01. The number of hydrogen-bond acceptors (Lipinski definition) is 3. The van der Waals surface area contributed by atoms with Crippen LogP contribution < -0.4 is 0 Å². The number of aliphatic hydroxyl groups is 1. The standard InChI is InChI=1S/C12H13N2O3/c15-10(7-12(16)17)8-14-6-5-9-3-1-2-4-11(9)13-14/h1-6,10,15H,7-8H2,(H,16,17)/q-1/t10-/m0/s1. The predicted molar refractivity (Wildman–Crippen MR) is 63.5 cm³/mol. The smallest absolute Gasteiger partial charge is 0.306 e. The van der Waals surface area contributed by atoms with Crippen molar-refractivity contribution < 1.29 is 15.0 Å². The molecule has 0 aliphatic carbocycles. The fourth-order valence-electron chi connectivity index (χ4n) is 1.64. The van der Waals surface area contributed by atoms with Gasteiger partial charge in [0.05, 0.1) is 12.5 Å². The van der Waals surface area contributed by atoms with Gasteiger partial charge in [0.25, 0.3) is 0 Å². The van der Waals surface area contributed by atoms with Gasteiger partial charge in [-0.15, -0.1) is 5.69 Å². The number of carboxylic acid groups (broad SMARTS) is 1. The maximum absolute atomic E-state index is 10.4.